The van der Waals surface area contributed by atoms with E-state index >= 15 is 0 Å². The van der Waals surface area contributed by atoms with Crippen LogP contribution in [0.1, 0.15) is 12.5 Å². The van der Waals surface area contributed by atoms with Gasteiger partial charge in [0.2, 0.25) is 11.6 Å². The smallest absolute Gasteiger partial charge is 0.270 e. The molecule has 9 nitrogen and oxygen atoms in total. The largest absolute Gasteiger partial charge is 0.454 e. The fourth-order valence-corrected chi connectivity index (χ4v) is 4.16. The average Bonchev–Trinajstić information content (AvgIpc) is 3.46. The summed E-state index contributed by atoms with van der Waals surface area (Å²) in [5, 5.41) is 18.0. The van der Waals surface area contributed by atoms with Gasteiger partial charge in [-0.2, -0.15) is 5.10 Å². The van der Waals surface area contributed by atoms with Crippen LogP contribution in [0.2, 0.25) is 0 Å². The third-order valence-electron chi connectivity index (χ3n) is 4.95. The first-order valence-electron chi connectivity index (χ1n) is 9.94. The second kappa shape index (κ2) is 8.67. The van der Waals surface area contributed by atoms with Crippen LogP contribution in [0.25, 0.3) is 11.3 Å². The van der Waals surface area contributed by atoms with Crippen LogP contribution in [0.3, 0.4) is 0 Å². The lowest BCUT2D eigenvalue weighted by Gasteiger charge is -2.07. The SMILES string of the molecule is CC(=Nn1c(-c2cccc([N+](=O)[O-])c2)csc1=Nc1cccnc1)c1ccc2c(c1)OCO2. The Balaban J connectivity index is 1.66. The Bertz CT molecular complexity index is 1440. The number of hydrogen-bond acceptors (Lipinski definition) is 8. The molecule has 0 radical (unpaired) electrons. The third-order valence-corrected chi connectivity index (χ3v) is 5.77. The first kappa shape index (κ1) is 20.6. The van der Waals surface area contributed by atoms with Gasteiger partial charge in [-0.25, -0.2) is 9.67 Å². The molecule has 0 saturated carbocycles. The number of nitrogens with zero attached hydrogens (tertiary/aromatic N) is 5. The zero-order valence-corrected chi connectivity index (χ0v) is 18.2. The van der Waals surface area contributed by atoms with E-state index in [0.29, 0.717) is 39.0 Å². The molecule has 5 rings (SSSR count). The molecule has 2 aromatic heterocycles. The van der Waals surface area contributed by atoms with Crippen molar-refractivity contribution < 1.29 is 14.4 Å². The van der Waals surface area contributed by atoms with Gasteiger partial charge in [0, 0.05) is 34.8 Å². The number of rotatable bonds is 5. The summed E-state index contributed by atoms with van der Waals surface area (Å²) >= 11 is 1.38. The Morgan fingerprint density at radius 2 is 2.03 bits per heavy atom. The first-order chi connectivity index (χ1) is 16.1. The van der Waals surface area contributed by atoms with Crippen LogP contribution < -0.4 is 14.3 Å². The van der Waals surface area contributed by atoms with Crippen molar-refractivity contribution in [2.24, 2.45) is 10.1 Å². The molecule has 1 aliphatic heterocycles. The number of ether oxygens (including phenoxy) is 2. The highest BCUT2D eigenvalue weighted by Crippen LogP contribution is 2.33. The van der Waals surface area contributed by atoms with E-state index in [2.05, 4.69) is 9.98 Å². The van der Waals surface area contributed by atoms with Crippen molar-refractivity contribution in [3.8, 4) is 22.8 Å². The van der Waals surface area contributed by atoms with Crippen molar-refractivity contribution in [1.82, 2.24) is 9.66 Å². The molecule has 33 heavy (non-hydrogen) atoms. The van der Waals surface area contributed by atoms with Crippen LogP contribution >= 0.6 is 11.3 Å². The molecule has 0 bridgehead atoms. The van der Waals surface area contributed by atoms with Crippen LogP contribution in [-0.2, 0) is 0 Å². The summed E-state index contributed by atoms with van der Waals surface area (Å²) in [5.41, 5.74) is 3.60. The molecule has 0 saturated heterocycles. The molecule has 0 aliphatic carbocycles. The summed E-state index contributed by atoms with van der Waals surface area (Å²) in [4.78, 5) is 20.3. The standard InChI is InChI=1S/C23H17N5O4S/c1-15(16-7-8-21-22(11-16)32-14-31-21)26-27-20(17-4-2-6-19(10-17)28(29)30)13-33-23(27)25-18-5-3-9-24-12-18/h2-13H,14H2,1H3. The lowest BCUT2D eigenvalue weighted by atomic mass is 10.1. The second-order valence-electron chi connectivity index (χ2n) is 7.10. The quantitative estimate of drug-likeness (QED) is 0.243. The van der Waals surface area contributed by atoms with Gasteiger partial charge in [-0.3, -0.25) is 15.1 Å². The third kappa shape index (κ3) is 4.23. The minimum atomic E-state index is -0.414. The van der Waals surface area contributed by atoms with Gasteiger partial charge >= 0.3 is 0 Å². The Morgan fingerprint density at radius 3 is 2.85 bits per heavy atom. The van der Waals surface area contributed by atoms with Gasteiger partial charge in [-0.1, -0.05) is 12.1 Å². The topological polar surface area (TPSA) is 104 Å². The minimum absolute atomic E-state index is 0.00692. The Kier molecular flexibility index (Phi) is 5.41. The van der Waals surface area contributed by atoms with Crippen LogP contribution in [0.5, 0.6) is 11.5 Å². The predicted molar refractivity (Wildman–Crippen MR) is 124 cm³/mol. The normalized spacial score (nSPS) is 13.4. The van der Waals surface area contributed by atoms with Crippen molar-refractivity contribution in [2.45, 2.75) is 6.92 Å². The Labute approximate surface area is 192 Å². The number of benzene rings is 2. The van der Waals surface area contributed by atoms with E-state index in [9.17, 15) is 10.1 Å². The highest BCUT2D eigenvalue weighted by atomic mass is 32.1. The maximum absolute atomic E-state index is 11.3. The number of non-ortho nitro benzene ring substituents is 1. The minimum Gasteiger partial charge on any atom is -0.454 e. The van der Waals surface area contributed by atoms with Gasteiger partial charge in [-0.15, -0.1) is 11.3 Å². The van der Waals surface area contributed by atoms with E-state index in [4.69, 9.17) is 14.6 Å². The molecule has 0 amide bonds. The van der Waals surface area contributed by atoms with Crippen LogP contribution in [0, 0.1) is 10.1 Å². The summed E-state index contributed by atoms with van der Waals surface area (Å²) in [7, 11) is 0. The molecule has 3 heterocycles. The highest BCUT2D eigenvalue weighted by molar-refractivity contribution is 7.07. The predicted octanol–water partition coefficient (Wildman–Crippen LogP) is 4.75. The number of nitro benzene ring substituents is 1. The van der Waals surface area contributed by atoms with Crippen molar-refractivity contribution in [3.63, 3.8) is 0 Å². The number of nitro groups is 1. The van der Waals surface area contributed by atoms with Gasteiger partial charge in [-0.05, 0) is 37.3 Å². The van der Waals surface area contributed by atoms with Crippen molar-refractivity contribution >= 4 is 28.4 Å². The molecule has 2 aromatic carbocycles. The number of fused-ring (bicyclic) bond motifs is 1. The van der Waals surface area contributed by atoms with E-state index in [-0.39, 0.29) is 12.5 Å². The van der Waals surface area contributed by atoms with Crippen molar-refractivity contribution in [1.29, 1.82) is 0 Å². The molecular formula is C23H17N5O4S. The lowest BCUT2D eigenvalue weighted by Crippen LogP contribution is -2.13. The lowest BCUT2D eigenvalue weighted by molar-refractivity contribution is -0.384. The van der Waals surface area contributed by atoms with E-state index in [1.807, 2.05) is 42.6 Å². The average molecular weight is 459 g/mol. The fourth-order valence-electron chi connectivity index (χ4n) is 3.31. The summed E-state index contributed by atoms with van der Waals surface area (Å²) in [6.07, 6.45) is 3.34. The zero-order chi connectivity index (χ0) is 22.8. The number of thiazole rings is 1. The molecule has 0 fully saturated rings. The molecule has 0 unspecified atom stereocenters. The number of hydrogen-bond donors (Lipinski definition) is 0. The summed E-state index contributed by atoms with van der Waals surface area (Å²) in [6, 6.07) is 15.7. The van der Waals surface area contributed by atoms with Crippen LogP contribution in [0.15, 0.2) is 82.5 Å². The molecule has 0 spiro atoms. The highest BCUT2D eigenvalue weighted by Gasteiger charge is 2.16. The van der Waals surface area contributed by atoms with E-state index in [0.717, 1.165) is 5.56 Å². The van der Waals surface area contributed by atoms with Crippen LogP contribution in [-0.4, -0.2) is 27.1 Å². The van der Waals surface area contributed by atoms with E-state index < -0.39 is 4.92 Å². The zero-order valence-electron chi connectivity index (χ0n) is 17.4. The van der Waals surface area contributed by atoms with Gasteiger partial charge < -0.3 is 9.47 Å². The van der Waals surface area contributed by atoms with Gasteiger partial charge in [0.05, 0.1) is 28.2 Å². The first-order valence-corrected chi connectivity index (χ1v) is 10.8. The monoisotopic (exact) mass is 459 g/mol. The van der Waals surface area contributed by atoms with Gasteiger partial charge in [0.15, 0.2) is 11.5 Å². The molecule has 10 heteroatoms. The molecule has 1 aliphatic rings. The molecular weight excluding hydrogens is 442 g/mol. The van der Waals surface area contributed by atoms with Gasteiger partial charge in [0.25, 0.3) is 5.69 Å². The molecule has 4 aromatic rings. The summed E-state index contributed by atoms with van der Waals surface area (Å²) < 4.78 is 12.6. The molecule has 0 atom stereocenters. The van der Waals surface area contributed by atoms with E-state index in [1.54, 1.807) is 29.2 Å². The number of aromatic nitrogens is 2. The molecule has 164 valence electrons. The number of pyridine rings is 1. The Hall–Kier alpha value is -4.31. The summed E-state index contributed by atoms with van der Waals surface area (Å²) in [6.45, 7) is 2.08. The second-order valence-corrected chi connectivity index (χ2v) is 7.94. The maximum Gasteiger partial charge on any atom is 0.270 e. The maximum atomic E-state index is 11.3. The summed E-state index contributed by atoms with van der Waals surface area (Å²) in [5.74, 6) is 1.36. The Morgan fingerprint density at radius 1 is 1.15 bits per heavy atom. The van der Waals surface area contributed by atoms with Crippen molar-refractivity contribution in [2.75, 3.05) is 6.79 Å². The van der Waals surface area contributed by atoms with Gasteiger partial charge in [0.1, 0.15) is 0 Å². The van der Waals surface area contributed by atoms with E-state index in [1.165, 1.54) is 23.5 Å². The van der Waals surface area contributed by atoms with Crippen molar-refractivity contribution in [3.05, 3.63) is 92.9 Å². The van der Waals surface area contributed by atoms with Crippen LogP contribution in [0.4, 0.5) is 11.4 Å². The fraction of sp³-hybridized carbons (Fsp3) is 0.0870. The molecule has 0 N–H and O–H groups in total.